The Labute approximate surface area is 82.5 Å². The third-order valence-electron chi connectivity index (χ3n) is 3.69. The molecule has 1 aliphatic heterocycles. The molecule has 1 saturated heterocycles. The fourth-order valence-corrected chi connectivity index (χ4v) is 2.24. The van der Waals surface area contributed by atoms with Crippen molar-refractivity contribution < 1.29 is 0 Å². The van der Waals surface area contributed by atoms with Crippen LogP contribution in [0.5, 0.6) is 0 Å². The van der Waals surface area contributed by atoms with E-state index < -0.39 is 0 Å². The molecule has 0 amide bonds. The van der Waals surface area contributed by atoms with Gasteiger partial charge < -0.3 is 10.6 Å². The van der Waals surface area contributed by atoms with Crippen LogP contribution in [0.1, 0.15) is 39.5 Å². The van der Waals surface area contributed by atoms with Gasteiger partial charge in [0.2, 0.25) is 0 Å². The minimum Gasteiger partial charge on any atom is -0.330 e. The SMILES string of the molecule is CCC(CC)(CN)CN1CCCC1. The molecule has 0 aromatic heterocycles. The molecule has 2 heteroatoms. The average Bonchev–Trinajstić information content (AvgIpc) is 2.67. The maximum Gasteiger partial charge on any atom is 0.00499 e. The van der Waals surface area contributed by atoms with Crippen molar-refractivity contribution in [1.82, 2.24) is 4.90 Å². The third-order valence-corrected chi connectivity index (χ3v) is 3.69. The first-order valence-corrected chi connectivity index (χ1v) is 5.69. The molecule has 0 aromatic rings. The Balaban J connectivity index is 2.44. The highest BCUT2D eigenvalue weighted by molar-refractivity contribution is 4.83. The van der Waals surface area contributed by atoms with Crippen LogP contribution in [0.3, 0.4) is 0 Å². The normalized spacial score (nSPS) is 19.6. The highest BCUT2D eigenvalue weighted by Gasteiger charge is 2.28. The number of likely N-dealkylation sites (tertiary alicyclic amines) is 1. The Kier molecular flexibility index (Phi) is 4.20. The second-order valence-corrected chi connectivity index (χ2v) is 4.39. The second-order valence-electron chi connectivity index (χ2n) is 4.39. The lowest BCUT2D eigenvalue weighted by molar-refractivity contribution is 0.166. The first kappa shape index (κ1) is 11.0. The van der Waals surface area contributed by atoms with E-state index in [0.717, 1.165) is 6.54 Å². The van der Waals surface area contributed by atoms with Gasteiger partial charge in [0.1, 0.15) is 0 Å². The minimum absolute atomic E-state index is 0.393. The summed E-state index contributed by atoms with van der Waals surface area (Å²) in [4.78, 5) is 2.58. The molecule has 1 rings (SSSR count). The lowest BCUT2D eigenvalue weighted by Gasteiger charge is -2.34. The highest BCUT2D eigenvalue weighted by Crippen LogP contribution is 2.27. The van der Waals surface area contributed by atoms with Gasteiger partial charge in [0.15, 0.2) is 0 Å². The number of nitrogens with two attached hydrogens (primary N) is 1. The van der Waals surface area contributed by atoms with Crippen molar-refractivity contribution in [3.05, 3.63) is 0 Å². The molecule has 0 atom stereocenters. The molecule has 1 heterocycles. The van der Waals surface area contributed by atoms with Gasteiger partial charge in [-0.05, 0) is 50.7 Å². The summed E-state index contributed by atoms with van der Waals surface area (Å²) in [6.45, 7) is 9.19. The van der Waals surface area contributed by atoms with Crippen LogP contribution >= 0.6 is 0 Å². The molecule has 0 bridgehead atoms. The monoisotopic (exact) mass is 184 g/mol. The van der Waals surface area contributed by atoms with E-state index in [-0.39, 0.29) is 0 Å². The predicted octanol–water partition coefficient (Wildman–Crippen LogP) is 1.85. The summed E-state index contributed by atoms with van der Waals surface area (Å²) >= 11 is 0. The van der Waals surface area contributed by atoms with Crippen LogP contribution in [0.25, 0.3) is 0 Å². The second kappa shape index (κ2) is 4.97. The molecule has 2 N–H and O–H groups in total. The number of nitrogens with zero attached hydrogens (tertiary/aromatic N) is 1. The zero-order valence-electron chi connectivity index (χ0n) is 9.18. The van der Waals surface area contributed by atoms with Gasteiger partial charge in [-0.3, -0.25) is 0 Å². The fraction of sp³-hybridized carbons (Fsp3) is 1.00. The van der Waals surface area contributed by atoms with Crippen LogP contribution in [-0.4, -0.2) is 31.1 Å². The predicted molar refractivity (Wildman–Crippen MR) is 57.7 cm³/mol. The fourth-order valence-electron chi connectivity index (χ4n) is 2.24. The van der Waals surface area contributed by atoms with Gasteiger partial charge in [-0.25, -0.2) is 0 Å². The van der Waals surface area contributed by atoms with E-state index in [0.29, 0.717) is 5.41 Å². The quantitative estimate of drug-likeness (QED) is 0.706. The van der Waals surface area contributed by atoms with Crippen LogP contribution in [0.15, 0.2) is 0 Å². The van der Waals surface area contributed by atoms with Crippen molar-refractivity contribution in [2.75, 3.05) is 26.2 Å². The Morgan fingerprint density at radius 3 is 2.08 bits per heavy atom. The van der Waals surface area contributed by atoms with Crippen molar-refractivity contribution in [3.8, 4) is 0 Å². The van der Waals surface area contributed by atoms with Crippen molar-refractivity contribution >= 4 is 0 Å². The lowest BCUT2D eigenvalue weighted by Crippen LogP contribution is -2.40. The molecule has 2 nitrogen and oxygen atoms in total. The Bertz CT molecular complexity index is 127. The van der Waals surface area contributed by atoms with E-state index in [1.54, 1.807) is 0 Å². The maximum atomic E-state index is 5.88. The largest absolute Gasteiger partial charge is 0.330 e. The van der Waals surface area contributed by atoms with Gasteiger partial charge in [-0.1, -0.05) is 13.8 Å². The summed E-state index contributed by atoms with van der Waals surface area (Å²) in [7, 11) is 0. The summed E-state index contributed by atoms with van der Waals surface area (Å²) < 4.78 is 0. The Morgan fingerprint density at radius 1 is 1.15 bits per heavy atom. The zero-order chi connectivity index (χ0) is 9.73. The molecule has 0 aromatic carbocycles. The molecule has 78 valence electrons. The Hall–Kier alpha value is -0.0800. The van der Waals surface area contributed by atoms with Crippen LogP contribution in [-0.2, 0) is 0 Å². The standard InChI is InChI=1S/C11H24N2/c1-3-11(4-2,9-12)10-13-7-5-6-8-13/h3-10,12H2,1-2H3. The lowest BCUT2D eigenvalue weighted by atomic mass is 9.82. The van der Waals surface area contributed by atoms with E-state index in [4.69, 9.17) is 5.73 Å². The van der Waals surface area contributed by atoms with Crippen molar-refractivity contribution in [1.29, 1.82) is 0 Å². The first-order chi connectivity index (χ1) is 6.26. The molecule has 0 radical (unpaired) electrons. The first-order valence-electron chi connectivity index (χ1n) is 5.69. The molecule has 0 unspecified atom stereocenters. The van der Waals surface area contributed by atoms with Gasteiger partial charge in [-0.15, -0.1) is 0 Å². The van der Waals surface area contributed by atoms with E-state index in [2.05, 4.69) is 18.7 Å². The number of hydrogen-bond donors (Lipinski definition) is 1. The minimum atomic E-state index is 0.393. The molecule has 0 saturated carbocycles. The third kappa shape index (κ3) is 2.68. The van der Waals surface area contributed by atoms with Gasteiger partial charge in [0, 0.05) is 6.54 Å². The molecule has 0 aliphatic carbocycles. The smallest absolute Gasteiger partial charge is 0.00499 e. The van der Waals surface area contributed by atoms with Gasteiger partial charge >= 0.3 is 0 Å². The van der Waals surface area contributed by atoms with Crippen molar-refractivity contribution in [3.63, 3.8) is 0 Å². The van der Waals surface area contributed by atoms with Crippen LogP contribution < -0.4 is 5.73 Å². The highest BCUT2D eigenvalue weighted by atomic mass is 15.1. The van der Waals surface area contributed by atoms with E-state index in [1.807, 2.05) is 0 Å². The summed E-state index contributed by atoms with van der Waals surface area (Å²) in [6.07, 6.45) is 5.20. The van der Waals surface area contributed by atoms with E-state index in [1.165, 1.54) is 45.3 Å². The maximum absolute atomic E-state index is 5.88. The van der Waals surface area contributed by atoms with E-state index in [9.17, 15) is 0 Å². The van der Waals surface area contributed by atoms with Gasteiger partial charge in [0.05, 0.1) is 0 Å². The molecule has 1 fully saturated rings. The molecule has 0 spiro atoms. The Morgan fingerprint density at radius 2 is 1.69 bits per heavy atom. The summed E-state index contributed by atoms with van der Waals surface area (Å²) in [6, 6.07) is 0. The topological polar surface area (TPSA) is 29.3 Å². The van der Waals surface area contributed by atoms with Crippen LogP contribution in [0.2, 0.25) is 0 Å². The molecular weight excluding hydrogens is 160 g/mol. The van der Waals surface area contributed by atoms with Crippen molar-refractivity contribution in [2.24, 2.45) is 11.1 Å². The molecule has 13 heavy (non-hydrogen) atoms. The van der Waals surface area contributed by atoms with Crippen LogP contribution in [0, 0.1) is 5.41 Å². The summed E-state index contributed by atoms with van der Waals surface area (Å²) in [5.74, 6) is 0. The van der Waals surface area contributed by atoms with Crippen LogP contribution in [0.4, 0.5) is 0 Å². The van der Waals surface area contributed by atoms with Crippen molar-refractivity contribution in [2.45, 2.75) is 39.5 Å². The van der Waals surface area contributed by atoms with Gasteiger partial charge in [0.25, 0.3) is 0 Å². The molecule has 1 aliphatic rings. The average molecular weight is 184 g/mol. The number of hydrogen-bond acceptors (Lipinski definition) is 2. The zero-order valence-corrected chi connectivity index (χ0v) is 9.18. The summed E-state index contributed by atoms with van der Waals surface area (Å²) in [5.41, 5.74) is 6.27. The number of rotatable bonds is 5. The summed E-state index contributed by atoms with van der Waals surface area (Å²) in [5, 5.41) is 0. The van der Waals surface area contributed by atoms with E-state index >= 15 is 0 Å². The molecular formula is C11H24N2. The van der Waals surface area contributed by atoms with Gasteiger partial charge in [-0.2, -0.15) is 0 Å².